The van der Waals surface area contributed by atoms with Crippen LogP contribution in [-0.2, 0) is 13.6 Å². The lowest BCUT2D eigenvalue weighted by atomic mass is 10.1. The van der Waals surface area contributed by atoms with Gasteiger partial charge in [0.05, 0.1) is 6.54 Å². The minimum absolute atomic E-state index is 0.688. The molecule has 0 bridgehead atoms. The summed E-state index contributed by atoms with van der Waals surface area (Å²) in [5.41, 5.74) is 1.06. The Kier molecular flexibility index (Phi) is 4.20. The van der Waals surface area contributed by atoms with Crippen LogP contribution in [0.2, 0.25) is 0 Å². The second-order valence-electron chi connectivity index (χ2n) is 5.89. The third-order valence-corrected chi connectivity index (χ3v) is 4.12. The number of aromatic nitrogens is 3. The van der Waals surface area contributed by atoms with Crippen molar-refractivity contribution in [3.63, 3.8) is 0 Å². The van der Waals surface area contributed by atoms with Gasteiger partial charge in [-0.05, 0) is 37.9 Å². The number of pyridine rings is 1. The van der Waals surface area contributed by atoms with Crippen LogP contribution in [0, 0.1) is 12.8 Å². The molecule has 112 valence electrons. The average Bonchev–Trinajstić information content (AvgIpc) is 3.07. The molecule has 2 aromatic rings. The summed E-state index contributed by atoms with van der Waals surface area (Å²) in [5, 5.41) is 3.46. The Morgan fingerprint density at radius 1 is 1.38 bits per heavy atom. The second-order valence-corrected chi connectivity index (χ2v) is 5.89. The number of nitrogens with one attached hydrogen (secondary N) is 1. The molecule has 3 heterocycles. The first kappa shape index (κ1) is 14.1. The van der Waals surface area contributed by atoms with Gasteiger partial charge in [-0.2, -0.15) is 0 Å². The molecule has 1 saturated heterocycles. The maximum absolute atomic E-state index is 4.49. The molecular weight excluding hydrogens is 262 g/mol. The van der Waals surface area contributed by atoms with E-state index in [2.05, 4.69) is 31.8 Å². The highest BCUT2D eigenvalue weighted by atomic mass is 15.2. The fraction of sp³-hybridized carbons (Fsp3) is 0.500. The maximum Gasteiger partial charge on any atom is 0.126 e. The third kappa shape index (κ3) is 3.61. The minimum atomic E-state index is 0.688. The predicted molar refractivity (Wildman–Crippen MR) is 84.1 cm³/mol. The van der Waals surface area contributed by atoms with Gasteiger partial charge in [0.25, 0.3) is 0 Å². The van der Waals surface area contributed by atoms with Crippen LogP contribution < -0.4 is 5.32 Å². The average molecular weight is 285 g/mol. The highest BCUT2D eigenvalue weighted by Gasteiger charge is 2.23. The topological polar surface area (TPSA) is 46.0 Å². The van der Waals surface area contributed by atoms with E-state index < -0.39 is 0 Å². The van der Waals surface area contributed by atoms with Crippen LogP contribution in [0.5, 0.6) is 0 Å². The van der Waals surface area contributed by atoms with Gasteiger partial charge in [0, 0.05) is 38.2 Å². The molecule has 1 atom stereocenters. The molecule has 1 aliphatic heterocycles. The van der Waals surface area contributed by atoms with Crippen molar-refractivity contribution in [3.05, 3.63) is 42.1 Å². The Morgan fingerprint density at radius 3 is 3.05 bits per heavy atom. The molecule has 0 saturated carbocycles. The number of imidazole rings is 1. The first-order valence-electron chi connectivity index (χ1n) is 7.57. The number of aryl methyl sites for hydroxylation is 2. The molecule has 0 aliphatic carbocycles. The largest absolute Gasteiger partial charge is 0.370 e. The van der Waals surface area contributed by atoms with E-state index in [1.165, 1.54) is 6.42 Å². The fourth-order valence-corrected chi connectivity index (χ4v) is 2.86. The van der Waals surface area contributed by atoms with Gasteiger partial charge in [-0.25, -0.2) is 9.97 Å². The van der Waals surface area contributed by atoms with E-state index in [1.807, 2.05) is 37.5 Å². The summed E-state index contributed by atoms with van der Waals surface area (Å²) in [6.07, 6.45) is 5.12. The fourth-order valence-electron chi connectivity index (χ4n) is 2.86. The number of anilines is 1. The Hall–Kier alpha value is -1.88. The Balaban J connectivity index is 1.47. The van der Waals surface area contributed by atoms with Crippen LogP contribution in [0.1, 0.15) is 17.9 Å². The number of rotatable bonds is 5. The first-order chi connectivity index (χ1) is 10.2. The summed E-state index contributed by atoms with van der Waals surface area (Å²) >= 11 is 0. The van der Waals surface area contributed by atoms with E-state index in [1.54, 1.807) is 0 Å². The quantitative estimate of drug-likeness (QED) is 0.913. The summed E-state index contributed by atoms with van der Waals surface area (Å²) in [6.45, 7) is 6.25. The third-order valence-electron chi connectivity index (χ3n) is 4.12. The van der Waals surface area contributed by atoms with Gasteiger partial charge in [0.15, 0.2) is 0 Å². The monoisotopic (exact) mass is 285 g/mol. The molecule has 0 radical (unpaired) electrons. The van der Waals surface area contributed by atoms with E-state index in [9.17, 15) is 0 Å². The molecular formula is C16H23N5. The van der Waals surface area contributed by atoms with E-state index in [0.29, 0.717) is 5.92 Å². The lowest BCUT2D eigenvalue weighted by molar-refractivity contribution is 0.307. The Bertz CT molecular complexity index is 592. The van der Waals surface area contributed by atoms with Crippen molar-refractivity contribution in [2.24, 2.45) is 13.0 Å². The highest BCUT2D eigenvalue weighted by Crippen LogP contribution is 2.18. The number of hydrogen-bond acceptors (Lipinski definition) is 4. The summed E-state index contributed by atoms with van der Waals surface area (Å²) in [6, 6.07) is 6.11. The van der Waals surface area contributed by atoms with E-state index in [0.717, 1.165) is 43.5 Å². The molecule has 2 aromatic heterocycles. The molecule has 0 aromatic carbocycles. The van der Waals surface area contributed by atoms with E-state index in [4.69, 9.17) is 0 Å². The van der Waals surface area contributed by atoms with Gasteiger partial charge >= 0.3 is 0 Å². The van der Waals surface area contributed by atoms with Crippen LogP contribution in [0.15, 0.2) is 30.6 Å². The van der Waals surface area contributed by atoms with Crippen LogP contribution in [-0.4, -0.2) is 39.1 Å². The molecule has 0 spiro atoms. The number of likely N-dealkylation sites (tertiary alicyclic amines) is 1. The van der Waals surface area contributed by atoms with Gasteiger partial charge < -0.3 is 9.88 Å². The summed E-state index contributed by atoms with van der Waals surface area (Å²) < 4.78 is 2.10. The van der Waals surface area contributed by atoms with E-state index in [-0.39, 0.29) is 0 Å². The van der Waals surface area contributed by atoms with Crippen LogP contribution >= 0.6 is 0 Å². The SMILES string of the molecule is Cc1cccc(NCC2CCN(Cc3nccn3C)C2)n1. The summed E-state index contributed by atoms with van der Waals surface area (Å²) in [4.78, 5) is 11.4. The Labute approximate surface area is 126 Å². The summed E-state index contributed by atoms with van der Waals surface area (Å²) in [7, 11) is 2.06. The normalized spacial score (nSPS) is 19.0. The molecule has 1 unspecified atom stereocenters. The van der Waals surface area contributed by atoms with Crippen molar-refractivity contribution in [1.82, 2.24) is 19.4 Å². The maximum atomic E-state index is 4.49. The van der Waals surface area contributed by atoms with Crippen molar-refractivity contribution >= 4 is 5.82 Å². The molecule has 5 nitrogen and oxygen atoms in total. The van der Waals surface area contributed by atoms with Gasteiger partial charge in [-0.1, -0.05) is 6.07 Å². The first-order valence-corrected chi connectivity index (χ1v) is 7.57. The zero-order chi connectivity index (χ0) is 14.7. The molecule has 5 heteroatoms. The van der Waals surface area contributed by atoms with Gasteiger partial charge in [-0.3, -0.25) is 4.90 Å². The van der Waals surface area contributed by atoms with Crippen molar-refractivity contribution in [3.8, 4) is 0 Å². The van der Waals surface area contributed by atoms with Gasteiger partial charge in [0.1, 0.15) is 11.6 Å². The highest BCUT2D eigenvalue weighted by molar-refractivity contribution is 5.35. The zero-order valence-corrected chi connectivity index (χ0v) is 12.8. The van der Waals surface area contributed by atoms with Crippen LogP contribution in [0.4, 0.5) is 5.82 Å². The van der Waals surface area contributed by atoms with Crippen molar-refractivity contribution in [2.75, 3.05) is 25.0 Å². The van der Waals surface area contributed by atoms with Gasteiger partial charge in [-0.15, -0.1) is 0 Å². The smallest absolute Gasteiger partial charge is 0.126 e. The van der Waals surface area contributed by atoms with Gasteiger partial charge in [0.2, 0.25) is 0 Å². The van der Waals surface area contributed by atoms with Crippen LogP contribution in [0.3, 0.4) is 0 Å². The predicted octanol–water partition coefficient (Wildman–Crippen LogP) is 2.06. The lowest BCUT2D eigenvalue weighted by Gasteiger charge is -2.16. The lowest BCUT2D eigenvalue weighted by Crippen LogP contribution is -2.24. The van der Waals surface area contributed by atoms with E-state index >= 15 is 0 Å². The zero-order valence-electron chi connectivity index (χ0n) is 12.8. The number of hydrogen-bond donors (Lipinski definition) is 1. The molecule has 1 fully saturated rings. The summed E-state index contributed by atoms with van der Waals surface area (Å²) in [5.74, 6) is 2.81. The van der Waals surface area contributed by atoms with Crippen molar-refractivity contribution in [1.29, 1.82) is 0 Å². The molecule has 21 heavy (non-hydrogen) atoms. The van der Waals surface area contributed by atoms with Crippen molar-refractivity contribution in [2.45, 2.75) is 19.9 Å². The molecule has 1 aliphatic rings. The molecule has 0 amide bonds. The standard InChI is InChI=1S/C16H23N5/c1-13-4-3-5-15(19-13)18-10-14-6-8-21(11-14)12-16-17-7-9-20(16)2/h3-5,7,9,14H,6,8,10-12H2,1-2H3,(H,18,19). The second kappa shape index (κ2) is 6.26. The number of nitrogens with zero attached hydrogens (tertiary/aromatic N) is 4. The van der Waals surface area contributed by atoms with Crippen LogP contribution in [0.25, 0.3) is 0 Å². The Morgan fingerprint density at radius 2 is 2.29 bits per heavy atom. The molecule has 1 N–H and O–H groups in total. The minimum Gasteiger partial charge on any atom is -0.370 e. The van der Waals surface area contributed by atoms with Crippen molar-refractivity contribution < 1.29 is 0 Å². The molecule has 3 rings (SSSR count).